The third kappa shape index (κ3) is 2.72. The van der Waals surface area contributed by atoms with E-state index < -0.39 is 5.72 Å². The van der Waals surface area contributed by atoms with Crippen LogP contribution >= 0.6 is 11.8 Å². The van der Waals surface area contributed by atoms with Crippen LogP contribution in [0, 0.1) is 5.82 Å². The molecule has 1 N–H and O–H groups in total. The maximum absolute atomic E-state index is 13.3. The van der Waals surface area contributed by atoms with Gasteiger partial charge in [-0.2, -0.15) is 0 Å². The topological polar surface area (TPSA) is 26.5 Å². The molecule has 2 aromatic carbocycles. The molecule has 124 valence electrons. The summed E-state index contributed by atoms with van der Waals surface area (Å²) >= 11 is 1.80. The fraction of sp³-hybridized carbons (Fsp3) is 0.316. The van der Waals surface area contributed by atoms with E-state index in [-0.39, 0.29) is 5.82 Å². The van der Waals surface area contributed by atoms with Crippen molar-refractivity contribution in [3.8, 4) is 0 Å². The zero-order chi connectivity index (χ0) is 16.6. The number of hydrogen-bond acceptors (Lipinski definition) is 3. The molecule has 4 rings (SSSR count). The Kier molecular flexibility index (Phi) is 4.06. The fourth-order valence-corrected chi connectivity index (χ4v) is 4.61. The summed E-state index contributed by atoms with van der Waals surface area (Å²) in [6, 6.07) is 16.4. The molecule has 0 fully saturated rings. The van der Waals surface area contributed by atoms with Gasteiger partial charge < -0.3 is 5.11 Å². The zero-order valence-electron chi connectivity index (χ0n) is 13.4. The second-order valence-electron chi connectivity index (χ2n) is 6.30. The van der Waals surface area contributed by atoms with Crippen LogP contribution in [0.15, 0.2) is 54.6 Å². The van der Waals surface area contributed by atoms with E-state index in [0.29, 0.717) is 13.1 Å². The zero-order valence-corrected chi connectivity index (χ0v) is 14.2. The molecule has 2 aliphatic rings. The van der Waals surface area contributed by atoms with Crippen LogP contribution in [-0.4, -0.2) is 38.6 Å². The van der Waals surface area contributed by atoms with Crippen LogP contribution in [0.4, 0.5) is 4.39 Å². The van der Waals surface area contributed by atoms with E-state index in [1.54, 1.807) is 23.9 Å². The summed E-state index contributed by atoms with van der Waals surface area (Å²) in [6.07, 6.45) is 1.12. The Labute approximate surface area is 145 Å². The minimum Gasteiger partial charge on any atom is -0.346 e. The van der Waals surface area contributed by atoms with Crippen molar-refractivity contribution >= 4 is 16.9 Å². The minimum atomic E-state index is -1.13. The van der Waals surface area contributed by atoms with Crippen molar-refractivity contribution in [3.05, 3.63) is 71.5 Å². The molecule has 0 radical (unpaired) electrons. The molecule has 0 spiro atoms. The molecule has 0 aliphatic carbocycles. The maximum atomic E-state index is 13.3. The van der Waals surface area contributed by atoms with Crippen molar-refractivity contribution in [1.29, 1.82) is 0 Å². The first-order valence-corrected chi connectivity index (χ1v) is 9.20. The second-order valence-corrected chi connectivity index (χ2v) is 7.36. The SMILES string of the molecule is O[C@]1(c2ccc(F)cc2)C[N+]2=C(SCCC2)N1Cc1ccccc1. The number of rotatable bonds is 3. The highest BCUT2D eigenvalue weighted by molar-refractivity contribution is 8.13. The van der Waals surface area contributed by atoms with Gasteiger partial charge in [-0.1, -0.05) is 30.3 Å². The Bertz CT molecular complexity index is 763. The third-order valence-electron chi connectivity index (χ3n) is 4.65. The average Bonchev–Trinajstić information content (AvgIpc) is 2.90. The summed E-state index contributed by atoms with van der Waals surface area (Å²) in [4.78, 5) is 2.07. The standard InChI is InChI=1S/C19H20FN2OS/c20-17-9-7-16(8-10-17)19(23)14-21-11-4-12-24-18(21)22(19)13-15-5-2-1-3-6-15/h1-3,5-10,23H,4,11-14H2/q+1/t19-/m0/s1. The quantitative estimate of drug-likeness (QED) is 0.868. The van der Waals surface area contributed by atoms with Gasteiger partial charge in [-0.05, 0) is 48.0 Å². The first-order valence-electron chi connectivity index (χ1n) is 8.21. The van der Waals surface area contributed by atoms with Crippen molar-refractivity contribution in [2.75, 3.05) is 18.8 Å². The molecule has 1 atom stereocenters. The van der Waals surface area contributed by atoms with Crippen LogP contribution in [0.25, 0.3) is 0 Å². The van der Waals surface area contributed by atoms with Gasteiger partial charge in [0.15, 0.2) is 6.54 Å². The Morgan fingerprint density at radius 2 is 1.88 bits per heavy atom. The monoisotopic (exact) mass is 343 g/mol. The molecule has 0 aromatic heterocycles. The normalized spacial score (nSPS) is 23.5. The maximum Gasteiger partial charge on any atom is 0.311 e. The summed E-state index contributed by atoms with van der Waals surface area (Å²) in [5, 5.41) is 12.7. The van der Waals surface area contributed by atoms with E-state index in [2.05, 4.69) is 21.6 Å². The van der Waals surface area contributed by atoms with Crippen molar-refractivity contribution < 1.29 is 14.1 Å². The van der Waals surface area contributed by atoms with E-state index in [1.807, 2.05) is 18.2 Å². The van der Waals surface area contributed by atoms with Crippen LogP contribution in [0.1, 0.15) is 17.5 Å². The predicted molar refractivity (Wildman–Crippen MR) is 94.4 cm³/mol. The Hall–Kier alpha value is -1.85. The third-order valence-corrected chi connectivity index (χ3v) is 5.88. The molecule has 24 heavy (non-hydrogen) atoms. The number of amidine groups is 1. The summed E-state index contributed by atoms with van der Waals surface area (Å²) in [5.74, 6) is 0.783. The highest BCUT2D eigenvalue weighted by Gasteiger charge is 2.53. The number of halogens is 1. The van der Waals surface area contributed by atoms with Crippen molar-refractivity contribution in [1.82, 2.24) is 4.90 Å². The smallest absolute Gasteiger partial charge is 0.311 e. The van der Waals surface area contributed by atoms with Gasteiger partial charge in [0.25, 0.3) is 5.72 Å². The lowest BCUT2D eigenvalue weighted by molar-refractivity contribution is -0.532. The number of aliphatic hydroxyl groups is 1. The van der Waals surface area contributed by atoms with Crippen LogP contribution in [-0.2, 0) is 12.3 Å². The lowest BCUT2D eigenvalue weighted by atomic mass is 10.0. The van der Waals surface area contributed by atoms with Crippen LogP contribution < -0.4 is 0 Å². The van der Waals surface area contributed by atoms with Crippen molar-refractivity contribution in [2.45, 2.75) is 18.7 Å². The lowest BCUT2D eigenvalue weighted by Crippen LogP contribution is -2.45. The Morgan fingerprint density at radius 1 is 1.12 bits per heavy atom. The second kappa shape index (κ2) is 6.22. The van der Waals surface area contributed by atoms with Gasteiger partial charge >= 0.3 is 5.17 Å². The van der Waals surface area contributed by atoms with Crippen LogP contribution in [0.2, 0.25) is 0 Å². The van der Waals surface area contributed by atoms with Gasteiger partial charge in [-0.15, -0.1) is 0 Å². The van der Waals surface area contributed by atoms with E-state index in [4.69, 9.17) is 0 Å². The molecule has 3 nitrogen and oxygen atoms in total. The van der Waals surface area contributed by atoms with Crippen molar-refractivity contribution in [3.63, 3.8) is 0 Å². The molecule has 2 aliphatic heterocycles. The summed E-state index contributed by atoms with van der Waals surface area (Å²) < 4.78 is 15.6. The molecule has 2 heterocycles. The highest BCUT2D eigenvalue weighted by atomic mass is 32.2. The molecule has 0 saturated heterocycles. The lowest BCUT2D eigenvalue weighted by Gasteiger charge is -2.28. The van der Waals surface area contributed by atoms with E-state index in [1.165, 1.54) is 12.1 Å². The molecule has 0 bridgehead atoms. The van der Waals surface area contributed by atoms with Gasteiger partial charge in [0.05, 0.1) is 6.54 Å². The molecule has 0 unspecified atom stereocenters. The molecule has 0 saturated carbocycles. The molecule has 0 amide bonds. The molecular weight excluding hydrogens is 323 g/mol. The van der Waals surface area contributed by atoms with Crippen LogP contribution in [0.5, 0.6) is 0 Å². The van der Waals surface area contributed by atoms with Gasteiger partial charge in [0, 0.05) is 11.3 Å². The van der Waals surface area contributed by atoms with Gasteiger partial charge in [-0.3, -0.25) is 0 Å². The summed E-state index contributed by atoms with van der Waals surface area (Å²) in [7, 11) is 0. The Balaban J connectivity index is 1.73. The number of benzene rings is 2. The van der Waals surface area contributed by atoms with Gasteiger partial charge in [-0.25, -0.2) is 13.9 Å². The Morgan fingerprint density at radius 3 is 2.62 bits per heavy atom. The van der Waals surface area contributed by atoms with Gasteiger partial charge in [0.1, 0.15) is 12.4 Å². The minimum absolute atomic E-state index is 0.283. The van der Waals surface area contributed by atoms with E-state index in [0.717, 1.165) is 35.0 Å². The number of nitrogens with zero attached hydrogens (tertiary/aromatic N) is 2. The first kappa shape index (κ1) is 15.7. The highest BCUT2D eigenvalue weighted by Crippen LogP contribution is 2.37. The largest absolute Gasteiger partial charge is 0.346 e. The first-order chi connectivity index (χ1) is 11.7. The number of thioether (sulfide) groups is 1. The van der Waals surface area contributed by atoms with Gasteiger partial charge in [0.2, 0.25) is 0 Å². The average molecular weight is 343 g/mol. The molecule has 5 heteroatoms. The molecular formula is C19H20FN2OS+. The van der Waals surface area contributed by atoms with E-state index in [9.17, 15) is 9.50 Å². The number of hydrogen-bond donors (Lipinski definition) is 1. The van der Waals surface area contributed by atoms with Crippen molar-refractivity contribution in [2.24, 2.45) is 0 Å². The summed E-state index contributed by atoms with van der Waals surface area (Å²) in [6.45, 7) is 2.11. The summed E-state index contributed by atoms with van der Waals surface area (Å²) in [5.41, 5.74) is 0.761. The predicted octanol–water partition coefficient (Wildman–Crippen LogP) is 2.99. The molecule has 2 aromatic rings. The fourth-order valence-electron chi connectivity index (χ4n) is 3.44. The van der Waals surface area contributed by atoms with E-state index >= 15 is 0 Å². The van der Waals surface area contributed by atoms with Crippen LogP contribution in [0.3, 0.4) is 0 Å².